The molecule has 0 aliphatic heterocycles. The number of ether oxygens (including phenoxy) is 1. The Kier molecular flexibility index (Phi) is 4.82. The van der Waals surface area contributed by atoms with Gasteiger partial charge >= 0.3 is 5.97 Å². The average Bonchev–Trinajstić information content (AvgIpc) is 2.81. The van der Waals surface area contributed by atoms with Crippen LogP contribution in [0.2, 0.25) is 0 Å². The maximum absolute atomic E-state index is 12.5. The van der Waals surface area contributed by atoms with Gasteiger partial charge in [0.15, 0.2) is 11.9 Å². The molecule has 2 rings (SSSR count). The van der Waals surface area contributed by atoms with Crippen molar-refractivity contribution in [2.45, 2.75) is 33.8 Å². The normalized spacial score (nSPS) is 11.8. The first kappa shape index (κ1) is 17.4. The lowest BCUT2D eigenvalue weighted by Gasteiger charge is -2.11. The second-order valence-electron chi connectivity index (χ2n) is 5.51. The average molecular weight is 330 g/mol. The summed E-state index contributed by atoms with van der Waals surface area (Å²) in [4.78, 5) is 53.0. The summed E-state index contributed by atoms with van der Waals surface area (Å²) in [5.41, 5.74) is 1.01. The second-order valence-corrected chi connectivity index (χ2v) is 5.51. The lowest BCUT2D eigenvalue weighted by molar-refractivity contribution is 0.0315. The molecule has 126 valence electrons. The molecule has 0 radical (unpaired) electrons. The molecule has 1 atom stereocenters. The Morgan fingerprint density at radius 1 is 1.21 bits per heavy atom. The summed E-state index contributed by atoms with van der Waals surface area (Å²) in [5, 5.41) is 0. The number of Topliss-reactive ketones (excluding diaryl/α,β-unsaturated/α-hetero) is 2. The molecule has 0 saturated heterocycles. The summed E-state index contributed by atoms with van der Waals surface area (Å²) in [6.07, 6.45) is 0.288. The monoisotopic (exact) mass is 330 g/mol. The van der Waals surface area contributed by atoms with Crippen LogP contribution < -0.4 is 5.56 Å². The minimum Gasteiger partial charge on any atom is -0.450 e. The number of H-pyrrole nitrogens is 2. The Hall–Kier alpha value is -2.96. The van der Waals surface area contributed by atoms with E-state index in [4.69, 9.17) is 4.74 Å². The quantitative estimate of drug-likeness (QED) is 0.643. The van der Waals surface area contributed by atoms with Gasteiger partial charge in [0, 0.05) is 17.5 Å². The number of nitrogens with one attached hydrogen (secondary N) is 2. The predicted octanol–water partition coefficient (Wildman–Crippen LogP) is 1.95. The molecular weight excluding hydrogens is 312 g/mol. The first-order chi connectivity index (χ1) is 11.2. The van der Waals surface area contributed by atoms with Gasteiger partial charge in [-0.15, -0.1) is 0 Å². The van der Waals surface area contributed by atoms with E-state index in [0.29, 0.717) is 16.8 Å². The molecule has 7 heteroatoms. The van der Waals surface area contributed by atoms with Crippen LogP contribution in [0.4, 0.5) is 0 Å². The molecule has 0 aliphatic carbocycles. The van der Waals surface area contributed by atoms with Crippen molar-refractivity contribution in [2.75, 3.05) is 0 Å². The molecule has 0 aromatic carbocycles. The third-order valence-electron chi connectivity index (χ3n) is 3.73. The molecule has 0 unspecified atom stereocenters. The number of rotatable bonds is 5. The fourth-order valence-electron chi connectivity index (χ4n) is 2.59. The van der Waals surface area contributed by atoms with Crippen LogP contribution in [0.3, 0.4) is 0 Å². The van der Waals surface area contributed by atoms with Gasteiger partial charge in [0.1, 0.15) is 5.56 Å². The molecule has 2 heterocycles. The molecule has 7 nitrogen and oxygen atoms in total. The number of esters is 1. The minimum atomic E-state index is -1.10. The summed E-state index contributed by atoms with van der Waals surface area (Å²) in [7, 11) is 0. The third-order valence-corrected chi connectivity index (χ3v) is 3.73. The summed E-state index contributed by atoms with van der Waals surface area (Å²) in [5.74, 6) is -1.50. The Labute approximate surface area is 138 Å². The van der Waals surface area contributed by atoms with Crippen LogP contribution in [-0.4, -0.2) is 33.6 Å². The van der Waals surface area contributed by atoms with Gasteiger partial charge < -0.3 is 14.7 Å². The lowest BCUT2D eigenvalue weighted by Crippen LogP contribution is -2.28. The van der Waals surface area contributed by atoms with Crippen LogP contribution in [0.5, 0.6) is 0 Å². The van der Waals surface area contributed by atoms with E-state index in [1.54, 1.807) is 13.8 Å². The number of ketones is 2. The minimum absolute atomic E-state index is 0.152. The molecule has 0 fully saturated rings. The van der Waals surface area contributed by atoms with Crippen molar-refractivity contribution in [3.05, 3.63) is 56.8 Å². The Morgan fingerprint density at radius 2 is 1.88 bits per heavy atom. The van der Waals surface area contributed by atoms with Gasteiger partial charge in [0.25, 0.3) is 5.56 Å². The standard InChI is InChI=1S/C17H18N2O5/c1-8-13(10(3)20)9(2)19-14(8)15(21)11(4)24-17(23)12-6-5-7-18-16(12)22/h5-7,11,19H,1-4H3,(H,18,22)/t11-/m0/s1. The molecule has 24 heavy (non-hydrogen) atoms. The highest BCUT2D eigenvalue weighted by Crippen LogP contribution is 2.20. The van der Waals surface area contributed by atoms with Crippen LogP contribution in [0.25, 0.3) is 0 Å². The Bertz CT molecular complexity index is 875. The summed E-state index contributed by atoms with van der Waals surface area (Å²) < 4.78 is 5.08. The van der Waals surface area contributed by atoms with Crippen molar-refractivity contribution in [3.8, 4) is 0 Å². The van der Waals surface area contributed by atoms with Crippen LogP contribution in [-0.2, 0) is 4.74 Å². The lowest BCUT2D eigenvalue weighted by atomic mass is 10.0. The van der Waals surface area contributed by atoms with E-state index in [1.165, 1.54) is 32.2 Å². The maximum Gasteiger partial charge on any atom is 0.344 e. The largest absolute Gasteiger partial charge is 0.450 e. The topological polar surface area (TPSA) is 109 Å². The van der Waals surface area contributed by atoms with E-state index in [2.05, 4.69) is 9.97 Å². The van der Waals surface area contributed by atoms with Gasteiger partial charge in [-0.3, -0.25) is 14.4 Å². The van der Waals surface area contributed by atoms with E-state index in [-0.39, 0.29) is 17.0 Å². The Morgan fingerprint density at radius 3 is 2.42 bits per heavy atom. The summed E-state index contributed by atoms with van der Waals surface area (Å²) in [6.45, 7) is 6.19. The number of hydrogen-bond donors (Lipinski definition) is 2. The third kappa shape index (κ3) is 3.19. The molecule has 0 spiro atoms. The van der Waals surface area contributed by atoms with Crippen molar-refractivity contribution in [1.29, 1.82) is 0 Å². The molecule has 0 saturated carbocycles. The van der Waals surface area contributed by atoms with E-state index >= 15 is 0 Å². The smallest absolute Gasteiger partial charge is 0.344 e. The number of pyridine rings is 1. The van der Waals surface area contributed by atoms with E-state index in [1.807, 2.05) is 0 Å². The molecule has 2 aromatic rings. The van der Waals surface area contributed by atoms with Gasteiger partial charge in [0.2, 0.25) is 5.78 Å². The first-order valence-corrected chi connectivity index (χ1v) is 7.37. The molecule has 2 N–H and O–H groups in total. The molecule has 2 aromatic heterocycles. The zero-order chi connectivity index (χ0) is 18.0. The zero-order valence-electron chi connectivity index (χ0n) is 13.9. The van der Waals surface area contributed by atoms with E-state index in [9.17, 15) is 19.2 Å². The molecule has 0 aliphatic rings. The van der Waals surface area contributed by atoms with Crippen molar-refractivity contribution < 1.29 is 19.1 Å². The highest BCUT2D eigenvalue weighted by molar-refractivity contribution is 6.05. The van der Waals surface area contributed by atoms with Gasteiger partial charge in [-0.25, -0.2) is 4.79 Å². The van der Waals surface area contributed by atoms with Crippen LogP contribution in [0, 0.1) is 13.8 Å². The number of hydrogen-bond acceptors (Lipinski definition) is 5. The van der Waals surface area contributed by atoms with Gasteiger partial charge in [0.05, 0.1) is 5.69 Å². The summed E-state index contributed by atoms with van der Waals surface area (Å²) >= 11 is 0. The second kappa shape index (κ2) is 6.66. The van der Waals surface area contributed by atoms with Crippen molar-refractivity contribution in [3.63, 3.8) is 0 Å². The fraction of sp³-hybridized carbons (Fsp3) is 0.294. The van der Waals surface area contributed by atoms with Gasteiger partial charge in [-0.1, -0.05) is 0 Å². The molecular formula is C17H18N2O5. The predicted molar refractivity (Wildman–Crippen MR) is 86.5 cm³/mol. The number of carbonyl (C=O) groups is 3. The number of aromatic amines is 2. The van der Waals surface area contributed by atoms with Crippen molar-refractivity contribution >= 4 is 17.5 Å². The molecule has 0 amide bonds. The van der Waals surface area contributed by atoms with Crippen LogP contribution >= 0.6 is 0 Å². The summed E-state index contributed by atoms with van der Waals surface area (Å²) in [6, 6.07) is 2.80. The number of aromatic nitrogens is 2. The van der Waals surface area contributed by atoms with Crippen molar-refractivity contribution in [2.24, 2.45) is 0 Å². The van der Waals surface area contributed by atoms with Crippen LogP contribution in [0.1, 0.15) is 56.3 Å². The highest BCUT2D eigenvalue weighted by Gasteiger charge is 2.26. The van der Waals surface area contributed by atoms with Gasteiger partial charge in [-0.05, 0) is 45.4 Å². The van der Waals surface area contributed by atoms with Crippen LogP contribution in [0.15, 0.2) is 23.1 Å². The number of carbonyl (C=O) groups excluding carboxylic acids is 3. The Balaban J connectivity index is 2.23. The zero-order valence-corrected chi connectivity index (χ0v) is 13.9. The SMILES string of the molecule is CC(=O)c1c(C)[nH]c(C(=O)[C@H](C)OC(=O)c2ccc[nH]c2=O)c1C. The maximum atomic E-state index is 12.5. The van der Waals surface area contributed by atoms with E-state index < -0.39 is 23.4 Å². The highest BCUT2D eigenvalue weighted by atomic mass is 16.5. The number of aryl methyl sites for hydroxylation is 1. The fourth-order valence-corrected chi connectivity index (χ4v) is 2.59. The van der Waals surface area contributed by atoms with Crippen molar-refractivity contribution in [1.82, 2.24) is 9.97 Å². The first-order valence-electron chi connectivity index (χ1n) is 7.37. The van der Waals surface area contributed by atoms with E-state index in [0.717, 1.165) is 0 Å². The molecule has 0 bridgehead atoms. The van der Waals surface area contributed by atoms with Gasteiger partial charge in [-0.2, -0.15) is 0 Å².